The van der Waals surface area contributed by atoms with Gasteiger partial charge in [0.15, 0.2) is 11.6 Å². The van der Waals surface area contributed by atoms with E-state index in [9.17, 15) is 22.0 Å². The summed E-state index contributed by atoms with van der Waals surface area (Å²) in [4.78, 5) is 0. The van der Waals surface area contributed by atoms with Crippen LogP contribution in [0.15, 0.2) is 12.1 Å². The van der Waals surface area contributed by atoms with Gasteiger partial charge in [0.05, 0.1) is 6.04 Å². The minimum Gasteiger partial charge on any atom is -0.319 e. The first kappa shape index (κ1) is 14.1. The highest BCUT2D eigenvalue weighted by Gasteiger charge is 2.26. The summed E-state index contributed by atoms with van der Waals surface area (Å²) < 4.78 is 62.3. The number of benzene rings is 1. The average molecular weight is 248 g/mol. The van der Waals surface area contributed by atoms with Crippen LogP contribution in [0.1, 0.15) is 11.6 Å². The third-order valence-electron chi connectivity index (χ3n) is 1.68. The molecule has 0 fully saturated rings. The molecule has 0 radical (unpaired) electrons. The van der Waals surface area contributed by atoms with Crippen LogP contribution in [0.2, 0.25) is 0 Å². The van der Waals surface area contributed by atoms with Crippen LogP contribution in [-0.4, -0.2) is 6.43 Å². The summed E-state index contributed by atoms with van der Waals surface area (Å²) in [6.07, 6.45) is -3.15. The van der Waals surface area contributed by atoms with E-state index >= 15 is 0 Å². The number of hydrogen-bond acceptors (Lipinski definition) is 1. The van der Waals surface area contributed by atoms with Crippen molar-refractivity contribution < 1.29 is 22.0 Å². The van der Waals surface area contributed by atoms with Gasteiger partial charge in [0.25, 0.3) is 6.43 Å². The van der Waals surface area contributed by atoms with Gasteiger partial charge in [-0.25, -0.2) is 22.0 Å². The SMILES string of the molecule is Cl.N[C@H](c1c(F)ccc(F)c1F)C(F)F. The molecule has 0 saturated heterocycles. The summed E-state index contributed by atoms with van der Waals surface area (Å²) in [5, 5.41) is 0. The molecule has 0 amide bonds. The van der Waals surface area contributed by atoms with E-state index in [-0.39, 0.29) is 12.4 Å². The summed E-state index contributed by atoms with van der Waals surface area (Å²) >= 11 is 0. The predicted molar refractivity (Wildman–Crippen MR) is 46.5 cm³/mol. The quantitative estimate of drug-likeness (QED) is 0.631. The van der Waals surface area contributed by atoms with Gasteiger partial charge in [-0.05, 0) is 12.1 Å². The maximum Gasteiger partial charge on any atom is 0.257 e. The van der Waals surface area contributed by atoms with E-state index in [2.05, 4.69) is 0 Å². The molecular formula is C8H7ClF5N. The monoisotopic (exact) mass is 247 g/mol. The molecule has 15 heavy (non-hydrogen) atoms. The fourth-order valence-corrected chi connectivity index (χ4v) is 0.974. The first-order chi connectivity index (χ1) is 6.45. The fraction of sp³-hybridized carbons (Fsp3) is 0.250. The minimum atomic E-state index is -3.15. The first-order valence-corrected chi connectivity index (χ1v) is 3.62. The maximum absolute atomic E-state index is 12.8. The highest BCUT2D eigenvalue weighted by atomic mass is 35.5. The zero-order chi connectivity index (χ0) is 10.9. The van der Waals surface area contributed by atoms with Gasteiger partial charge in [-0.1, -0.05) is 0 Å². The summed E-state index contributed by atoms with van der Waals surface area (Å²) in [5.74, 6) is -4.35. The molecule has 1 nitrogen and oxygen atoms in total. The molecule has 0 bridgehead atoms. The lowest BCUT2D eigenvalue weighted by Gasteiger charge is -2.12. The molecule has 1 atom stereocenters. The Bertz CT molecular complexity index is 344. The topological polar surface area (TPSA) is 26.0 Å². The lowest BCUT2D eigenvalue weighted by molar-refractivity contribution is 0.112. The Morgan fingerprint density at radius 2 is 1.47 bits per heavy atom. The zero-order valence-electron chi connectivity index (χ0n) is 7.18. The Labute approximate surface area is 88.5 Å². The lowest BCUT2D eigenvalue weighted by atomic mass is 10.1. The molecule has 0 aliphatic rings. The summed E-state index contributed by atoms with van der Waals surface area (Å²) in [7, 11) is 0. The van der Waals surface area contributed by atoms with E-state index in [0.717, 1.165) is 0 Å². The Hall–Kier alpha value is -0.880. The van der Waals surface area contributed by atoms with Crippen LogP contribution in [0.25, 0.3) is 0 Å². The Kier molecular flexibility index (Phi) is 4.96. The van der Waals surface area contributed by atoms with Crippen molar-refractivity contribution >= 4 is 12.4 Å². The van der Waals surface area contributed by atoms with Crippen molar-refractivity contribution in [2.45, 2.75) is 12.5 Å². The molecule has 0 aliphatic heterocycles. The number of hydrogen-bond donors (Lipinski definition) is 1. The number of rotatable bonds is 2. The van der Waals surface area contributed by atoms with Crippen molar-refractivity contribution in [1.29, 1.82) is 0 Å². The van der Waals surface area contributed by atoms with Gasteiger partial charge in [0.1, 0.15) is 5.82 Å². The largest absolute Gasteiger partial charge is 0.319 e. The van der Waals surface area contributed by atoms with Gasteiger partial charge in [-0.2, -0.15) is 0 Å². The second-order valence-corrected chi connectivity index (χ2v) is 2.62. The van der Waals surface area contributed by atoms with Crippen LogP contribution in [0, 0.1) is 17.5 Å². The maximum atomic E-state index is 12.8. The molecule has 0 aromatic heterocycles. The highest BCUT2D eigenvalue weighted by Crippen LogP contribution is 2.25. The molecule has 1 aromatic rings. The second-order valence-electron chi connectivity index (χ2n) is 2.62. The average Bonchev–Trinajstić information content (AvgIpc) is 2.12. The Balaban J connectivity index is 0.00000196. The molecule has 86 valence electrons. The van der Waals surface area contributed by atoms with Crippen molar-refractivity contribution in [2.75, 3.05) is 0 Å². The zero-order valence-corrected chi connectivity index (χ0v) is 8.00. The van der Waals surface area contributed by atoms with Crippen LogP contribution >= 0.6 is 12.4 Å². The fourth-order valence-electron chi connectivity index (χ4n) is 0.974. The van der Waals surface area contributed by atoms with E-state index in [1.165, 1.54) is 0 Å². The van der Waals surface area contributed by atoms with Gasteiger partial charge in [-0.15, -0.1) is 12.4 Å². The van der Waals surface area contributed by atoms with Crippen LogP contribution in [0.3, 0.4) is 0 Å². The predicted octanol–water partition coefficient (Wildman–Crippen LogP) is 2.79. The third-order valence-corrected chi connectivity index (χ3v) is 1.68. The molecule has 0 unspecified atom stereocenters. The van der Waals surface area contributed by atoms with Gasteiger partial charge in [0, 0.05) is 5.56 Å². The van der Waals surface area contributed by atoms with Gasteiger partial charge in [0.2, 0.25) is 0 Å². The lowest BCUT2D eigenvalue weighted by Crippen LogP contribution is -2.22. The second kappa shape index (κ2) is 5.27. The van der Waals surface area contributed by atoms with E-state index in [0.29, 0.717) is 12.1 Å². The van der Waals surface area contributed by atoms with Crippen molar-refractivity contribution in [3.8, 4) is 0 Å². The number of halogens is 6. The van der Waals surface area contributed by atoms with Crippen LogP contribution < -0.4 is 5.73 Å². The molecule has 0 saturated carbocycles. The van der Waals surface area contributed by atoms with Crippen LogP contribution in [0.5, 0.6) is 0 Å². The van der Waals surface area contributed by atoms with Crippen molar-refractivity contribution in [2.24, 2.45) is 5.73 Å². The van der Waals surface area contributed by atoms with E-state index in [1.807, 2.05) is 0 Å². The van der Waals surface area contributed by atoms with E-state index < -0.39 is 35.5 Å². The number of alkyl halides is 2. The van der Waals surface area contributed by atoms with Crippen molar-refractivity contribution in [3.63, 3.8) is 0 Å². The Morgan fingerprint density at radius 3 is 1.93 bits per heavy atom. The van der Waals surface area contributed by atoms with Crippen LogP contribution in [-0.2, 0) is 0 Å². The Morgan fingerprint density at radius 1 is 1.00 bits per heavy atom. The molecular weight excluding hydrogens is 241 g/mol. The normalized spacial score (nSPS) is 12.5. The van der Waals surface area contributed by atoms with Gasteiger partial charge >= 0.3 is 0 Å². The smallest absolute Gasteiger partial charge is 0.257 e. The molecule has 7 heteroatoms. The van der Waals surface area contributed by atoms with Gasteiger partial charge < -0.3 is 5.73 Å². The van der Waals surface area contributed by atoms with Crippen LogP contribution in [0.4, 0.5) is 22.0 Å². The van der Waals surface area contributed by atoms with Crippen molar-refractivity contribution in [1.82, 2.24) is 0 Å². The molecule has 0 aliphatic carbocycles. The van der Waals surface area contributed by atoms with E-state index in [4.69, 9.17) is 5.73 Å². The first-order valence-electron chi connectivity index (χ1n) is 3.62. The van der Waals surface area contributed by atoms with Crippen molar-refractivity contribution in [3.05, 3.63) is 35.1 Å². The molecule has 2 N–H and O–H groups in total. The summed E-state index contributed by atoms with van der Waals surface area (Å²) in [6, 6.07) is -1.10. The third kappa shape index (κ3) is 2.79. The standard InChI is InChI=1S/C8H6F5N.ClH/c9-3-1-2-4(10)6(11)5(3)7(14)8(12)13;/h1-2,7-8H,14H2;1H/t7-;/m1./s1. The summed E-state index contributed by atoms with van der Waals surface area (Å²) in [5.41, 5.74) is 3.69. The molecule has 1 aromatic carbocycles. The summed E-state index contributed by atoms with van der Waals surface area (Å²) in [6.45, 7) is 0. The number of nitrogens with two attached hydrogens (primary N) is 1. The minimum absolute atomic E-state index is 0. The van der Waals surface area contributed by atoms with E-state index in [1.54, 1.807) is 0 Å². The molecule has 1 rings (SSSR count). The molecule has 0 heterocycles. The van der Waals surface area contributed by atoms with Gasteiger partial charge in [-0.3, -0.25) is 0 Å². The molecule has 0 spiro atoms. The highest BCUT2D eigenvalue weighted by molar-refractivity contribution is 5.85.